The van der Waals surface area contributed by atoms with Gasteiger partial charge < -0.3 is 10.5 Å². The number of rotatable bonds is 6. The topological polar surface area (TPSA) is 35.2 Å². The molecule has 0 amide bonds. The second-order valence-electron chi connectivity index (χ2n) is 4.01. The minimum Gasteiger partial charge on any atom is -0.369 e. The van der Waals surface area contributed by atoms with E-state index in [4.69, 9.17) is 10.5 Å². The Morgan fingerprint density at radius 2 is 2.19 bits per heavy atom. The summed E-state index contributed by atoms with van der Waals surface area (Å²) in [4.78, 5) is 0. The Morgan fingerprint density at radius 1 is 1.44 bits per heavy atom. The van der Waals surface area contributed by atoms with Gasteiger partial charge in [0.15, 0.2) is 0 Å². The van der Waals surface area contributed by atoms with Crippen LogP contribution in [0.2, 0.25) is 0 Å². The molecule has 2 atom stereocenters. The van der Waals surface area contributed by atoms with Crippen molar-refractivity contribution in [2.24, 2.45) is 5.73 Å². The van der Waals surface area contributed by atoms with Crippen molar-refractivity contribution in [1.29, 1.82) is 0 Å². The predicted molar refractivity (Wildman–Crippen MR) is 71.4 cm³/mol. The van der Waals surface area contributed by atoms with Crippen LogP contribution in [0.3, 0.4) is 0 Å². The number of benzene rings is 1. The zero-order valence-corrected chi connectivity index (χ0v) is 11.5. The van der Waals surface area contributed by atoms with Gasteiger partial charge in [0, 0.05) is 11.0 Å². The molecule has 0 aliphatic rings. The zero-order chi connectivity index (χ0) is 12.0. The standard InChI is InChI=1S/C13H20BrNO/c1-3-5-10(2)16-13(9-15)11-6-4-7-12(14)8-11/h4,6-8,10,13H,3,5,9,15H2,1-2H3. The van der Waals surface area contributed by atoms with Gasteiger partial charge in [-0.3, -0.25) is 0 Å². The molecule has 0 heterocycles. The number of nitrogens with two attached hydrogens (primary N) is 1. The van der Waals surface area contributed by atoms with Crippen molar-refractivity contribution < 1.29 is 4.74 Å². The average molecular weight is 286 g/mol. The first-order valence-electron chi connectivity index (χ1n) is 5.78. The molecule has 2 nitrogen and oxygen atoms in total. The summed E-state index contributed by atoms with van der Waals surface area (Å²) in [6, 6.07) is 8.14. The molecule has 1 aromatic rings. The fourth-order valence-corrected chi connectivity index (χ4v) is 2.15. The minimum absolute atomic E-state index is 0.000880. The Balaban J connectivity index is 2.67. The van der Waals surface area contributed by atoms with Crippen LogP contribution in [0.5, 0.6) is 0 Å². The van der Waals surface area contributed by atoms with E-state index in [2.05, 4.69) is 41.9 Å². The van der Waals surface area contributed by atoms with Crippen LogP contribution in [0.1, 0.15) is 38.4 Å². The Bertz CT molecular complexity index is 317. The van der Waals surface area contributed by atoms with Crippen LogP contribution in [0, 0.1) is 0 Å². The van der Waals surface area contributed by atoms with Crippen LogP contribution in [0.25, 0.3) is 0 Å². The quantitative estimate of drug-likeness (QED) is 0.866. The molecular weight excluding hydrogens is 266 g/mol. The summed E-state index contributed by atoms with van der Waals surface area (Å²) in [7, 11) is 0. The van der Waals surface area contributed by atoms with Crippen molar-refractivity contribution in [1.82, 2.24) is 0 Å². The van der Waals surface area contributed by atoms with Gasteiger partial charge in [-0.05, 0) is 31.0 Å². The number of hydrogen-bond donors (Lipinski definition) is 1. The van der Waals surface area contributed by atoms with Gasteiger partial charge in [0.1, 0.15) is 0 Å². The summed E-state index contributed by atoms with van der Waals surface area (Å²) < 4.78 is 7.00. The Hall–Kier alpha value is -0.380. The van der Waals surface area contributed by atoms with E-state index in [0.717, 1.165) is 22.9 Å². The first-order chi connectivity index (χ1) is 7.67. The highest BCUT2D eigenvalue weighted by atomic mass is 79.9. The first-order valence-corrected chi connectivity index (χ1v) is 6.57. The first kappa shape index (κ1) is 13.7. The molecule has 16 heavy (non-hydrogen) atoms. The van der Waals surface area contributed by atoms with E-state index in [-0.39, 0.29) is 12.2 Å². The van der Waals surface area contributed by atoms with Gasteiger partial charge in [0.25, 0.3) is 0 Å². The van der Waals surface area contributed by atoms with Gasteiger partial charge in [0.05, 0.1) is 12.2 Å². The van der Waals surface area contributed by atoms with E-state index >= 15 is 0 Å². The van der Waals surface area contributed by atoms with E-state index in [1.54, 1.807) is 0 Å². The highest BCUT2D eigenvalue weighted by molar-refractivity contribution is 9.10. The molecule has 0 spiro atoms. The van der Waals surface area contributed by atoms with Crippen molar-refractivity contribution in [3.05, 3.63) is 34.3 Å². The molecule has 90 valence electrons. The van der Waals surface area contributed by atoms with Crippen molar-refractivity contribution in [2.45, 2.75) is 38.9 Å². The van der Waals surface area contributed by atoms with E-state index in [1.165, 1.54) is 0 Å². The summed E-state index contributed by atoms with van der Waals surface area (Å²) >= 11 is 3.46. The van der Waals surface area contributed by atoms with Gasteiger partial charge in [-0.25, -0.2) is 0 Å². The number of halogens is 1. The van der Waals surface area contributed by atoms with Crippen LogP contribution in [0.4, 0.5) is 0 Å². The molecule has 0 fully saturated rings. The van der Waals surface area contributed by atoms with Crippen LogP contribution in [0.15, 0.2) is 28.7 Å². The van der Waals surface area contributed by atoms with Crippen molar-refractivity contribution in [3.8, 4) is 0 Å². The van der Waals surface area contributed by atoms with E-state index < -0.39 is 0 Å². The fourth-order valence-electron chi connectivity index (χ4n) is 1.73. The molecule has 0 aromatic heterocycles. The largest absolute Gasteiger partial charge is 0.369 e. The van der Waals surface area contributed by atoms with Crippen LogP contribution in [-0.4, -0.2) is 12.6 Å². The monoisotopic (exact) mass is 285 g/mol. The second kappa shape index (κ2) is 7.05. The third kappa shape index (κ3) is 4.24. The van der Waals surface area contributed by atoms with Gasteiger partial charge in [-0.15, -0.1) is 0 Å². The van der Waals surface area contributed by atoms with Crippen LogP contribution in [-0.2, 0) is 4.74 Å². The van der Waals surface area contributed by atoms with Crippen LogP contribution >= 0.6 is 15.9 Å². The molecule has 1 rings (SSSR count). The molecule has 2 N–H and O–H groups in total. The maximum atomic E-state index is 5.94. The molecular formula is C13H20BrNO. The average Bonchev–Trinajstić information content (AvgIpc) is 2.26. The molecule has 0 bridgehead atoms. The van der Waals surface area contributed by atoms with E-state index in [0.29, 0.717) is 6.54 Å². The Labute approximate surface area is 106 Å². The molecule has 0 aliphatic heterocycles. The molecule has 0 aliphatic carbocycles. The zero-order valence-electron chi connectivity index (χ0n) is 9.95. The molecule has 3 heteroatoms. The van der Waals surface area contributed by atoms with Gasteiger partial charge in [-0.2, -0.15) is 0 Å². The van der Waals surface area contributed by atoms with E-state index in [1.807, 2.05) is 12.1 Å². The lowest BCUT2D eigenvalue weighted by molar-refractivity contribution is -0.00286. The SMILES string of the molecule is CCCC(C)OC(CN)c1cccc(Br)c1. The van der Waals surface area contributed by atoms with E-state index in [9.17, 15) is 0 Å². The third-order valence-electron chi connectivity index (χ3n) is 2.53. The van der Waals surface area contributed by atoms with Crippen molar-refractivity contribution >= 4 is 15.9 Å². The maximum absolute atomic E-state index is 5.94. The molecule has 1 aromatic carbocycles. The lowest BCUT2D eigenvalue weighted by atomic mass is 10.1. The fraction of sp³-hybridized carbons (Fsp3) is 0.538. The van der Waals surface area contributed by atoms with Gasteiger partial charge >= 0.3 is 0 Å². The lowest BCUT2D eigenvalue weighted by Crippen LogP contribution is -2.20. The molecule has 2 unspecified atom stereocenters. The smallest absolute Gasteiger partial charge is 0.0951 e. The second-order valence-corrected chi connectivity index (χ2v) is 4.93. The summed E-state index contributed by atoms with van der Waals surface area (Å²) in [5.41, 5.74) is 6.90. The highest BCUT2D eigenvalue weighted by Crippen LogP contribution is 2.22. The molecule has 0 saturated carbocycles. The van der Waals surface area contributed by atoms with Gasteiger partial charge in [0.2, 0.25) is 0 Å². The number of ether oxygens (including phenoxy) is 1. The summed E-state index contributed by atoms with van der Waals surface area (Å²) in [5, 5.41) is 0. The van der Waals surface area contributed by atoms with Crippen LogP contribution < -0.4 is 5.73 Å². The Morgan fingerprint density at radius 3 is 2.75 bits per heavy atom. The normalized spacial score (nSPS) is 14.8. The predicted octanol–water partition coefficient (Wildman–Crippen LogP) is 3.65. The molecule has 0 saturated heterocycles. The maximum Gasteiger partial charge on any atom is 0.0951 e. The summed E-state index contributed by atoms with van der Waals surface area (Å²) in [5.74, 6) is 0. The Kier molecular flexibility index (Phi) is 6.03. The lowest BCUT2D eigenvalue weighted by Gasteiger charge is -2.21. The van der Waals surface area contributed by atoms with Crippen molar-refractivity contribution in [2.75, 3.05) is 6.54 Å². The summed E-state index contributed by atoms with van der Waals surface area (Å²) in [6.07, 6.45) is 2.47. The van der Waals surface area contributed by atoms with Crippen molar-refractivity contribution in [3.63, 3.8) is 0 Å². The minimum atomic E-state index is -0.000880. The number of hydrogen-bond acceptors (Lipinski definition) is 2. The van der Waals surface area contributed by atoms with Gasteiger partial charge in [-0.1, -0.05) is 41.4 Å². The highest BCUT2D eigenvalue weighted by Gasteiger charge is 2.13. The molecule has 0 radical (unpaired) electrons. The summed E-state index contributed by atoms with van der Waals surface area (Å²) in [6.45, 7) is 4.78. The third-order valence-corrected chi connectivity index (χ3v) is 3.02.